The van der Waals surface area contributed by atoms with Crippen LogP contribution >= 0.6 is 0 Å². The Labute approximate surface area is 145 Å². The first-order valence-electron chi connectivity index (χ1n) is 8.48. The molecular weight excluding hydrogens is 318 g/mol. The lowest BCUT2D eigenvalue weighted by Crippen LogP contribution is -2.31. The van der Waals surface area contributed by atoms with Gasteiger partial charge in [0.15, 0.2) is 5.65 Å². The zero-order valence-electron chi connectivity index (χ0n) is 15.1. The fourth-order valence-corrected chi connectivity index (χ4v) is 3.23. The standard InChI is InChI=1S/C19H23N3O3/c1-12(2)17-20-18-15(19(24)22(17)10-7-11-25-4)16(23)13-8-5-6-9-14(13)21(18)3/h5-6,8-9,12H,7,10-11H2,1-4H3. The number of nitrogens with zero attached hydrogens (tertiary/aromatic N) is 3. The SMILES string of the molecule is COCCCn1c(C(C)C)nc2c(c(=O)c3ccccc3n2C)c1=O. The van der Waals surface area contributed by atoms with Crippen molar-refractivity contribution in [3.05, 3.63) is 50.7 Å². The fourth-order valence-electron chi connectivity index (χ4n) is 3.23. The van der Waals surface area contributed by atoms with Gasteiger partial charge in [-0.05, 0) is 18.6 Å². The van der Waals surface area contributed by atoms with Crippen molar-refractivity contribution in [3.8, 4) is 0 Å². The molecule has 0 N–H and O–H groups in total. The lowest BCUT2D eigenvalue weighted by atomic mass is 10.1. The number of hydrogen-bond acceptors (Lipinski definition) is 4. The minimum atomic E-state index is -0.267. The van der Waals surface area contributed by atoms with Gasteiger partial charge in [0.1, 0.15) is 11.2 Å². The van der Waals surface area contributed by atoms with Crippen LogP contribution in [0.5, 0.6) is 0 Å². The van der Waals surface area contributed by atoms with Crippen molar-refractivity contribution in [2.75, 3.05) is 13.7 Å². The van der Waals surface area contributed by atoms with E-state index in [0.717, 1.165) is 5.52 Å². The van der Waals surface area contributed by atoms with E-state index in [2.05, 4.69) is 0 Å². The van der Waals surface area contributed by atoms with Crippen molar-refractivity contribution in [2.45, 2.75) is 32.7 Å². The highest BCUT2D eigenvalue weighted by atomic mass is 16.5. The van der Waals surface area contributed by atoms with Crippen LogP contribution in [0.25, 0.3) is 21.9 Å². The molecule has 0 fully saturated rings. The summed E-state index contributed by atoms with van der Waals surface area (Å²) in [6, 6.07) is 7.31. The Kier molecular flexibility index (Phi) is 4.72. The van der Waals surface area contributed by atoms with Crippen LogP contribution in [0.15, 0.2) is 33.9 Å². The average molecular weight is 341 g/mol. The van der Waals surface area contributed by atoms with Gasteiger partial charge in [0, 0.05) is 38.6 Å². The van der Waals surface area contributed by atoms with E-state index in [1.165, 1.54) is 0 Å². The van der Waals surface area contributed by atoms with Crippen LogP contribution < -0.4 is 11.0 Å². The maximum Gasteiger partial charge on any atom is 0.266 e. The summed E-state index contributed by atoms with van der Waals surface area (Å²) < 4.78 is 8.55. The van der Waals surface area contributed by atoms with Crippen molar-refractivity contribution >= 4 is 21.9 Å². The molecule has 0 aliphatic heterocycles. The third-order valence-corrected chi connectivity index (χ3v) is 4.48. The van der Waals surface area contributed by atoms with E-state index in [9.17, 15) is 9.59 Å². The molecule has 0 saturated carbocycles. The number of pyridine rings is 1. The van der Waals surface area contributed by atoms with Crippen molar-refractivity contribution in [1.29, 1.82) is 0 Å². The first kappa shape index (κ1) is 17.4. The number of rotatable bonds is 5. The minimum absolute atomic E-state index is 0.0706. The summed E-state index contributed by atoms with van der Waals surface area (Å²) in [7, 11) is 3.47. The third-order valence-electron chi connectivity index (χ3n) is 4.48. The number of fused-ring (bicyclic) bond motifs is 2. The first-order chi connectivity index (χ1) is 12.0. The van der Waals surface area contributed by atoms with Gasteiger partial charge in [-0.15, -0.1) is 0 Å². The normalized spacial score (nSPS) is 11.7. The molecule has 2 aromatic heterocycles. The van der Waals surface area contributed by atoms with Crippen molar-refractivity contribution in [1.82, 2.24) is 14.1 Å². The summed E-state index contributed by atoms with van der Waals surface area (Å²) in [5.74, 6) is 0.764. The molecule has 132 valence electrons. The Balaban J connectivity index is 2.41. The highest BCUT2D eigenvalue weighted by Crippen LogP contribution is 2.18. The molecule has 0 atom stereocenters. The number of methoxy groups -OCH3 is 1. The summed E-state index contributed by atoms with van der Waals surface area (Å²) >= 11 is 0. The quantitative estimate of drug-likeness (QED) is 0.528. The molecule has 6 nitrogen and oxygen atoms in total. The average Bonchev–Trinajstić information content (AvgIpc) is 2.60. The van der Waals surface area contributed by atoms with Crippen LogP contribution in [-0.2, 0) is 18.3 Å². The number of aromatic nitrogens is 3. The number of hydrogen-bond donors (Lipinski definition) is 0. The van der Waals surface area contributed by atoms with Gasteiger partial charge in [0.25, 0.3) is 5.56 Å². The van der Waals surface area contributed by atoms with E-state index in [-0.39, 0.29) is 22.3 Å². The molecule has 0 unspecified atom stereocenters. The molecule has 3 aromatic rings. The number of ether oxygens (including phenoxy) is 1. The van der Waals surface area contributed by atoms with Gasteiger partial charge >= 0.3 is 0 Å². The van der Waals surface area contributed by atoms with Crippen molar-refractivity contribution in [2.24, 2.45) is 7.05 Å². The Morgan fingerprint density at radius 2 is 1.92 bits per heavy atom. The van der Waals surface area contributed by atoms with E-state index in [0.29, 0.717) is 36.4 Å². The molecule has 0 spiro atoms. The van der Waals surface area contributed by atoms with Gasteiger partial charge in [0.2, 0.25) is 5.43 Å². The molecule has 0 radical (unpaired) electrons. The van der Waals surface area contributed by atoms with Gasteiger partial charge in [0.05, 0.1) is 5.52 Å². The Morgan fingerprint density at radius 3 is 2.60 bits per heavy atom. The minimum Gasteiger partial charge on any atom is -0.385 e. The van der Waals surface area contributed by atoms with Crippen molar-refractivity contribution < 1.29 is 4.74 Å². The molecule has 0 aliphatic carbocycles. The molecule has 2 heterocycles. The Morgan fingerprint density at radius 1 is 1.20 bits per heavy atom. The van der Waals surface area contributed by atoms with E-state index in [1.807, 2.05) is 43.7 Å². The molecular formula is C19H23N3O3. The van der Waals surface area contributed by atoms with Crippen LogP contribution in [0.3, 0.4) is 0 Å². The molecule has 25 heavy (non-hydrogen) atoms. The summed E-state index contributed by atoms with van der Waals surface area (Å²) in [4.78, 5) is 30.8. The zero-order chi connectivity index (χ0) is 18.1. The largest absolute Gasteiger partial charge is 0.385 e. The lowest BCUT2D eigenvalue weighted by molar-refractivity contribution is 0.189. The Bertz CT molecular complexity index is 1050. The van der Waals surface area contributed by atoms with E-state index >= 15 is 0 Å². The molecule has 0 bridgehead atoms. The molecule has 1 aromatic carbocycles. The molecule has 0 aliphatic rings. The smallest absolute Gasteiger partial charge is 0.266 e. The van der Waals surface area contributed by atoms with Gasteiger partial charge in [-0.2, -0.15) is 0 Å². The van der Waals surface area contributed by atoms with Crippen LogP contribution in [0.2, 0.25) is 0 Å². The van der Waals surface area contributed by atoms with Crippen molar-refractivity contribution in [3.63, 3.8) is 0 Å². The number of aryl methyl sites for hydroxylation is 1. The monoisotopic (exact) mass is 341 g/mol. The van der Waals surface area contributed by atoms with Gasteiger partial charge in [-0.25, -0.2) is 4.98 Å². The topological polar surface area (TPSA) is 66.1 Å². The van der Waals surface area contributed by atoms with Gasteiger partial charge in [-0.1, -0.05) is 26.0 Å². The first-order valence-corrected chi connectivity index (χ1v) is 8.48. The number of para-hydroxylation sites is 1. The van der Waals surface area contributed by atoms with Gasteiger partial charge in [-0.3, -0.25) is 14.2 Å². The van der Waals surface area contributed by atoms with Crippen LogP contribution in [0.1, 0.15) is 32.0 Å². The van der Waals surface area contributed by atoms with Crippen LogP contribution in [0.4, 0.5) is 0 Å². The van der Waals surface area contributed by atoms with Crippen LogP contribution in [0, 0.1) is 0 Å². The second-order valence-corrected chi connectivity index (χ2v) is 6.53. The number of benzene rings is 1. The third kappa shape index (κ3) is 2.87. The molecule has 0 amide bonds. The summed E-state index contributed by atoms with van der Waals surface area (Å²) in [5, 5.41) is 0.695. The van der Waals surface area contributed by atoms with E-state index < -0.39 is 0 Å². The predicted octanol–water partition coefficient (Wildman–Crippen LogP) is 2.41. The maximum absolute atomic E-state index is 13.1. The summed E-state index contributed by atoms with van der Waals surface area (Å²) in [5.41, 5.74) is 0.701. The second-order valence-electron chi connectivity index (χ2n) is 6.53. The molecule has 3 rings (SSSR count). The molecule has 0 saturated heterocycles. The molecule has 6 heteroatoms. The summed E-state index contributed by atoms with van der Waals surface area (Å²) in [6.45, 7) is 5.04. The fraction of sp³-hybridized carbons (Fsp3) is 0.421. The summed E-state index contributed by atoms with van der Waals surface area (Å²) in [6.07, 6.45) is 0.692. The Hall–Kier alpha value is -2.47. The van der Waals surface area contributed by atoms with Crippen LogP contribution in [-0.4, -0.2) is 27.8 Å². The highest BCUT2D eigenvalue weighted by molar-refractivity contribution is 5.91. The highest BCUT2D eigenvalue weighted by Gasteiger charge is 2.19. The maximum atomic E-state index is 13.1. The van der Waals surface area contributed by atoms with E-state index in [1.54, 1.807) is 17.7 Å². The lowest BCUT2D eigenvalue weighted by Gasteiger charge is -2.17. The van der Waals surface area contributed by atoms with E-state index in [4.69, 9.17) is 9.72 Å². The second kappa shape index (κ2) is 6.80. The predicted molar refractivity (Wildman–Crippen MR) is 99.3 cm³/mol. The zero-order valence-corrected chi connectivity index (χ0v) is 15.1. The van der Waals surface area contributed by atoms with Gasteiger partial charge < -0.3 is 9.30 Å².